The summed E-state index contributed by atoms with van der Waals surface area (Å²) in [5.41, 5.74) is 7.17. The Balaban J connectivity index is 0.766. The molecule has 3 aromatic carbocycles. The number of sulfonamides is 1. The van der Waals surface area contributed by atoms with E-state index in [4.69, 9.17) is 9.72 Å². The molecule has 18 heteroatoms. The second-order valence-corrected chi connectivity index (χ2v) is 20.2. The molecule has 3 amide bonds. The highest BCUT2D eigenvalue weighted by Gasteiger charge is 2.36. The Morgan fingerprint density at radius 3 is 2.34 bits per heavy atom. The molecule has 64 heavy (non-hydrogen) atoms. The van der Waals surface area contributed by atoms with Gasteiger partial charge in [0.25, 0.3) is 0 Å². The Morgan fingerprint density at radius 2 is 1.62 bits per heavy atom. The number of aryl methyl sites for hydroxylation is 1. The molecule has 0 spiro atoms. The van der Waals surface area contributed by atoms with Gasteiger partial charge in [0.15, 0.2) is 0 Å². The number of amides is 3. The number of para-hydroxylation sites is 1. The fourth-order valence-corrected chi connectivity index (χ4v) is 11.3. The highest BCUT2D eigenvalue weighted by atomic mass is 79.9. The quantitative estimate of drug-likeness (QED) is 0.161. The molecule has 4 aromatic rings. The van der Waals surface area contributed by atoms with Gasteiger partial charge >= 0.3 is 0 Å². The molecule has 2 atom stereocenters. The number of imide groups is 1. The van der Waals surface area contributed by atoms with E-state index in [1.165, 1.54) is 10.6 Å². The van der Waals surface area contributed by atoms with Crippen molar-refractivity contribution in [1.29, 1.82) is 0 Å². The number of anilines is 7. The number of piperazine rings is 1. The molecular formula is C46H55BrN10O6S. The summed E-state index contributed by atoms with van der Waals surface area (Å²) in [5, 5.41) is 9.13. The summed E-state index contributed by atoms with van der Waals surface area (Å²) in [5.74, 6) is 0.999. The number of carbonyl (C=O) groups is 3. The number of hydrogen-bond acceptors (Lipinski definition) is 13. The number of nitrogens with zero attached hydrogens (tertiary/aromatic N) is 7. The van der Waals surface area contributed by atoms with E-state index in [1.54, 1.807) is 13.3 Å². The molecule has 9 rings (SSSR count). The lowest BCUT2D eigenvalue weighted by Crippen LogP contribution is -2.55. The standard InChI is InChI=1S/C46H55BrN10O6S/c1-29-25-38(50-46-48-27-36(47)43(52-46)49-37-6-4-5-31-14-20-57(42(31)37)64(3,61)62)40(63-2)26-39(29)54-18-15-34(16-19-54)53-21-23-55(24-22-53)45(60)32-13-17-56(28-32)33-9-7-30(8-10-33)35-11-12-41(58)51-44(35)59/h4-10,25-27,32,34-35H,11-24,28H2,1-3H3,(H,51,58,59)(H2,48,49,50,52)/t32-,35?/m0/s1. The van der Waals surface area contributed by atoms with Crippen molar-refractivity contribution >= 4 is 83.9 Å². The predicted molar refractivity (Wildman–Crippen MR) is 252 cm³/mol. The molecule has 338 valence electrons. The van der Waals surface area contributed by atoms with Gasteiger partial charge in [0.1, 0.15) is 11.6 Å². The van der Waals surface area contributed by atoms with E-state index in [-0.39, 0.29) is 29.6 Å². The lowest BCUT2D eigenvalue weighted by molar-refractivity contribution is -0.137. The second kappa shape index (κ2) is 18.2. The first-order valence-electron chi connectivity index (χ1n) is 22.1. The van der Waals surface area contributed by atoms with Crippen molar-refractivity contribution in [3.8, 4) is 5.75 Å². The number of fused-ring (bicyclic) bond motifs is 1. The van der Waals surface area contributed by atoms with Crippen LogP contribution in [0.1, 0.15) is 54.7 Å². The summed E-state index contributed by atoms with van der Waals surface area (Å²) in [6, 6.07) is 18.3. The molecule has 1 aromatic heterocycles. The number of methoxy groups -OCH3 is 1. The molecule has 1 unspecified atom stereocenters. The van der Waals surface area contributed by atoms with Crippen molar-refractivity contribution in [2.24, 2.45) is 5.92 Å². The van der Waals surface area contributed by atoms with Crippen molar-refractivity contribution in [2.45, 2.75) is 57.4 Å². The zero-order valence-corrected chi connectivity index (χ0v) is 38.9. The maximum atomic E-state index is 13.7. The summed E-state index contributed by atoms with van der Waals surface area (Å²) < 4.78 is 33.1. The Bertz CT molecular complexity index is 2550. The zero-order chi connectivity index (χ0) is 44.7. The van der Waals surface area contributed by atoms with E-state index in [0.29, 0.717) is 71.8 Å². The average Bonchev–Trinajstić information content (AvgIpc) is 3.97. The van der Waals surface area contributed by atoms with Gasteiger partial charge in [-0.05, 0) is 95.9 Å². The topological polar surface area (TPSA) is 173 Å². The van der Waals surface area contributed by atoms with Crippen molar-refractivity contribution in [3.05, 3.63) is 82.0 Å². The molecule has 5 aliphatic rings. The fourth-order valence-electron chi connectivity index (χ4n) is 10.1. The maximum Gasteiger partial charge on any atom is 0.234 e. The lowest BCUT2D eigenvalue weighted by atomic mass is 9.90. The summed E-state index contributed by atoms with van der Waals surface area (Å²) >= 11 is 3.56. The van der Waals surface area contributed by atoms with Gasteiger partial charge in [0.05, 0.1) is 46.7 Å². The molecule has 5 aliphatic heterocycles. The molecule has 0 saturated carbocycles. The SMILES string of the molecule is COc1cc(N2CCC(N3CCN(C(=O)[C@H]4CCN(c5ccc(C6CCC(=O)NC6=O)cc5)C4)CC3)CC2)c(C)cc1Nc1ncc(Br)c(Nc2cccc3c2N(S(C)(=O)=O)CC3)n1. The highest BCUT2D eigenvalue weighted by Crippen LogP contribution is 2.41. The van der Waals surface area contributed by atoms with Crippen molar-refractivity contribution < 1.29 is 27.5 Å². The van der Waals surface area contributed by atoms with Crippen molar-refractivity contribution in [1.82, 2.24) is 25.1 Å². The van der Waals surface area contributed by atoms with E-state index < -0.39 is 10.0 Å². The molecule has 4 fully saturated rings. The van der Waals surface area contributed by atoms with Gasteiger partial charge in [-0.3, -0.25) is 28.9 Å². The lowest BCUT2D eigenvalue weighted by Gasteiger charge is -2.44. The number of aromatic nitrogens is 2. The van der Waals surface area contributed by atoms with E-state index in [9.17, 15) is 22.8 Å². The van der Waals surface area contributed by atoms with Crippen molar-refractivity contribution in [2.75, 3.05) is 97.0 Å². The number of carbonyl (C=O) groups excluding carboxylic acids is 3. The van der Waals surface area contributed by atoms with Gasteiger partial charge in [-0.25, -0.2) is 13.4 Å². The molecule has 3 N–H and O–H groups in total. The molecular weight excluding hydrogens is 901 g/mol. The Morgan fingerprint density at radius 1 is 0.875 bits per heavy atom. The number of nitrogens with one attached hydrogen (secondary N) is 3. The first-order valence-corrected chi connectivity index (χ1v) is 24.8. The van der Waals surface area contributed by atoms with Crippen molar-refractivity contribution in [3.63, 3.8) is 0 Å². The minimum absolute atomic E-state index is 0.0272. The van der Waals surface area contributed by atoms with Crippen LogP contribution in [-0.4, -0.2) is 124 Å². The van der Waals surface area contributed by atoms with Crippen LogP contribution in [0.5, 0.6) is 5.75 Å². The highest BCUT2D eigenvalue weighted by molar-refractivity contribution is 9.10. The van der Waals surface area contributed by atoms with E-state index in [2.05, 4.69) is 75.5 Å². The molecule has 16 nitrogen and oxygen atoms in total. The van der Waals surface area contributed by atoms with Gasteiger partial charge in [-0.2, -0.15) is 4.98 Å². The zero-order valence-electron chi connectivity index (χ0n) is 36.5. The molecule has 6 heterocycles. The second-order valence-electron chi connectivity index (χ2n) is 17.5. The third-order valence-corrected chi connectivity index (χ3v) is 15.2. The van der Waals surface area contributed by atoms with Crippen LogP contribution in [0.25, 0.3) is 0 Å². The minimum atomic E-state index is -3.45. The summed E-state index contributed by atoms with van der Waals surface area (Å²) in [7, 11) is -1.79. The van der Waals surface area contributed by atoms with E-state index >= 15 is 0 Å². The molecule has 0 radical (unpaired) electrons. The Kier molecular flexibility index (Phi) is 12.4. The van der Waals surface area contributed by atoms with Crippen LogP contribution in [0.2, 0.25) is 0 Å². The average molecular weight is 956 g/mol. The number of benzene rings is 3. The third kappa shape index (κ3) is 9.09. The van der Waals surface area contributed by atoms with Crippen LogP contribution < -0.4 is 34.8 Å². The number of halogens is 1. The van der Waals surface area contributed by atoms with Gasteiger partial charge in [0.2, 0.25) is 33.7 Å². The molecule has 4 saturated heterocycles. The van der Waals surface area contributed by atoms with Gasteiger partial charge in [-0.1, -0.05) is 24.3 Å². The molecule has 0 aliphatic carbocycles. The minimum Gasteiger partial charge on any atom is -0.494 e. The van der Waals surface area contributed by atoms with Crippen LogP contribution in [0, 0.1) is 12.8 Å². The summed E-state index contributed by atoms with van der Waals surface area (Å²) in [4.78, 5) is 56.2. The monoisotopic (exact) mass is 954 g/mol. The number of ether oxygens (including phenoxy) is 1. The largest absolute Gasteiger partial charge is 0.494 e. The predicted octanol–water partition coefficient (Wildman–Crippen LogP) is 5.53. The normalized spacial score (nSPS) is 20.9. The Hall–Kier alpha value is -5.46. The summed E-state index contributed by atoms with van der Waals surface area (Å²) in [6.07, 6.45) is 7.31. The van der Waals surface area contributed by atoms with E-state index in [1.807, 2.05) is 42.5 Å². The molecule has 0 bridgehead atoms. The smallest absolute Gasteiger partial charge is 0.234 e. The fraction of sp³-hybridized carbons (Fsp3) is 0.457. The van der Waals surface area contributed by atoms with Crippen LogP contribution in [0.3, 0.4) is 0 Å². The summed E-state index contributed by atoms with van der Waals surface area (Å²) in [6.45, 7) is 9.10. The number of rotatable bonds is 11. The number of hydrogen-bond donors (Lipinski definition) is 3. The van der Waals surface area contributed by atoms with Crippen LogP contribution in [-0.2, 0) is 30.8 Å². The van der Waals surface area contributed by atoms with E-state index in [0.717, 1.165) is 98.8 Å². The van der Waals surface area contributed by atoms with Gasteiger partial charge < -0.3 is 30.1 Å². The van der Waals surface area contributed by atoms with Crippen LogP contribution in [0.4, 0.5) is 40.2 Å². The van der Waals surface area contributed by atoms with Gasteiger partial charge in [0, 0.05) is 95.0 Å². The van der Waals surface area contributed by atoms with Crippen LogP contribution in [0.15, 0.2) is 65.3 Å². The maximum absolute atomic E-state index is 13.7. The van der Waals surface area contributed by atoms with Crippen LogP contribution >= 0.6 is 15.9 Å². The third-order valence-electron chi connectivity index (χ3n) is 13.5. The number of piperidine rings is 2. The first kappa shape index (κ1) is 43.8. The van der Waals surface area contributed by atoms with Gasteiger partial charge in [-0.15, -0.1) is 0 Å². The first-order chi connectivity index (χ1) is 30.8. The Labute approximate surface area is 382 Å².